The molecule has 0 spiro atoms. The van der Waals surface area contributed by atoms with E-state index in [-0.39, 0.29) is 23.2 Å². The van der Waals surface area contributed by atoms with Gasteiger partial charge < -0.3 is 4.57 Å². The summed E-state index contributed by atoms with van der Waals surface area (Å²) in [4.78, 5) is 0. The molecular formula is C14H15BrFN3O2S2. The van der Waals surface area contributed by atoms with Crippen molar-refractivity contribution in [2.45, 2.75) is 23.2 Å². The summed E-state index contributed by atoms with van der Waals surface area (Å²) in [5.74, 6) is 1.09. The van der Waals surface area contributed by atoms with Crippen LogP contribution in [0.4, 0.5) is 4.39 Å². The predicted molar refractivity (Wildman–Crippen MR) is 90.7 cm³/mol. The Bertz CT molecular complexity index is 839. The van der Waals surface area contributed by atoms with Gasteiger partial charge in [-0.25, -0.2) is 12.8 Å². The Morgan fingerprint density at radius 1 is 1.43 bits per heavy atom. The van der Waals surface area contributed by atoms with Gasteiger partial charge in [0.05, 0.1) is 11.5 Å². The van der Waals surface area contributed by atoms with E-state index in [1.165, 1.54) is 17.8 Å². The first-order valence-corrected chi connectivity index (χ1v) is 10.6. The van der Waals surface area contributed by atoms with Gasteiger partial charge in [0.25, 0.3) is 0 Å². The molecule has 1 aromatic carbocycles. The molecule has 1 aliphatic heterocycles. The lowest BCUT2D eigenvalue weighted by atomic mass is 10.1. The molecule has 5 nitrogen and oxygen atoms in total. The number of nitrogens with zero attached hydrogens (tertiary/aromatic N) is 3. The second-order valence-electron chi connectivity index (χ2n) is 5.52. The van der Waals surface area contributed by atoms with Crippen molar-refractivity contribution in [2.75, 3.05) is 11.5 Å². The van der Waals surface area contributed by atoms with Gasteiger partial charge >= 0.3 is 0 Å². The highest BCUT2D eigenvalue weighted by Gasteiger charge is 2.32. The van der Waals surface area contributed by atoms with Crippen LogP contribution in [0.15, 0.2) is 27.8 Å². The zero-order valence-electron chi connectivity index (χ0n) is 12.4. The molecule has 0 saturated carbocycles. The maximum absolute atomic E-state index is 13.8. The van der Waals surface area contributed by atoms with Gasteiger partial charge in [0.15, 0.2) is 15.0 Å². The van der Waals surface area contributed by atoms with Gasteiger partial charge in [-0.3, -0.25) is 0 Å². The summed E-state index contributed by atoms with van der Waals surface area (Å²) in [7, 11) is -1.14. The molecule has 1 atom stereocenters. The topological polar surface area (TPSA) is 64.8 Å². The van der Waals surface area contributed by atoms with Gasteiger partial charge in [-0.1, -0.05) is 33.8 Å². The molecule has 2 heterocycles. The van der Waals surface area contributed by atoms with Gasteiger partial charge in [0.2, 0.25) is 0 Å². The SMILES string of the molecule is Cn1c(SCc2ccc(Br)cc2F)nnc1C1CCS(=O)(=O)C1. The zero-order chi connectivity index (χ0) is 16.6. The monoisotopic (exact) mass is 419 g/mol. The predicted octanol–water partition coefficient (Wildman–Crippen LogP) is 2.91. The van der Waals surface area contributed by atoms with Crippen LogP contribution in [0.3, 0.4) is 0 Å². The number of sulfone groups is 1. The van der Waals surface area contributed by atoms with E-state index in [2.05, 4.69) is 26.1 Å². The van der Waals surface area contributed by atoms with Gasteiger partial charge in [0.1, 0.15) is 11.6 Å². The Labute approximate surface area is 146 Å². The Kier molecular flexibility index (Phi) is 4.80. The molecule has 124 valence electrons. The lowest BCUT2D eigenvalue weighted by Gasteiger charge is -2.08. The standard InChI is InChI=1S/C14H15BrFN3O2S2/c1-19-13(10-4-5-23(20,21)8-10)17-18-14(19)22-7-9-2-3-11(15)6-12(9)16/h2-3,6,10H,4-5,7-8H2,1H3. The van der Waals surface area contributed by atoms with Crippen LogP contribution >= 0.6 is 27.7 Å². The number of hydrogen-bond donors (Lipinski definition) is 0. The summed E-state index contributed by atoms with van der Waals surface area (Å²) in [5.41, 5.74) is 0.589. The molecule has 1 saturated heterocycles. The summed E-state index contributed by atoms with van der Waals surface area (Å²) >= 11 is 4.62. The van der Waals surface area contributed by atoms with Crippen molar-refractivity contribution in [1.29, 1.82) is 0 Å². The van der Waals surface area contributed by atoms with E-state index >= 15 is 0 Å². The van der Waals surface area contributed by atoms with Crippen molar-refractivity contribution >= 4 is 37.5 Å². The number of thioether (sulfide) groups is 1. The van der Waals surface area contributed by atoms with Crippen molar-refractivity contribution in [1.82, 2.24) is 14.8 Å². The summed E-state index contributed by atoms with van der Waals surface area (Å²) in [5, 5.41) is 8.92. The Morgan fingerprint density at radius 2 is 2.22 bits per heavy atom. The van der Waals surface area contributed by atoms with Crippen molar-refractivity contribution in [3.8, 4) is 0 Å². The van der Waals surface area contributed by atoms with Crippen LogP contribution in [0, 0.1) is 5.82 Å². The van der Waals surface area contributed by atoms with Crippen molar-refractivity contribution in [3.05, 3.63) is 39.9 Å². The Morgan fingerprint density at radius 3 is 2.87 bits per heavy atom. The first-order chi connectivity index (χ1) is 10.9. The molecule has 23 heavy (non-hydrogen) atoms. The largest absolute Gasteiger partial charge is 0.309 e. The molecule has 3 rings (SSSR count). The van der Waals surface area contributed by atoms with Crippen molar-refractivity contribution in [2.24, 2.45) is 7.05 Å². The van der Waals surface area contributed by atoms with Crippen LogP contribution in [0.1, 0.15) is 23.7 Å². The molecule has 9 heteroatoms. The molecule has 0 bridgehead atoms. The van der Waals surface area contributed by atoms with E-state index in [9.17, 15) is 12.8 Å². The number of rotatable bonds is 4. The third-order valence-electron chi connectivity index (χ3n) is 3.84. The van der Waals surface area contributed by atoms with Gasteiger partial charge in [0, 0.05) is 23.2 Å². The minimum atomic E-state index is -2.96. The number of halogens is 2. The molecular weight excluding hydrogens is 405 g/mol. The second-order valence-corrected chi connectivity index (χ2v) is 9.61. The first kappa shape index (κ1) is 16.9. The van der Waals surface area contributed by atoms with E-state index < -0.39 is 9.84 Å². The van der Waals surface area contributed by atoms with Crippen LogP contribution in [0.2, 0.25) is 0 Å². The summed E-state index contributed by atoms with van der Waals surface area (Å²) in [6.07, 6.45) is 0.584. The summed E-state index contributed by atoms with van der Waals surface area (Å²) in [6, 6.07) is 4.96. The molecule has 0 amide bonds. The Balaban J connectivity index is 1.72. The minimum Gasteiger partial charge on any atom is -0.309 e. The third kappa shape index (κ3) is 3.77. The maximum atomic E-state index is 13.8. The van der Waals surface area contributed by atoms with Gasteiger partial charge in [-0.15, -0.1) is 10.2 Å². The van der Waals surface area contributed by atoms with Crippen LogP contribution < -0.4 is 0 Å². The van der Waals surface area contributed by atoms with Crippen molar-refractivity contribution in [3.63, 3.8) is 0 Å². The van der Waals surface area contributed by atoms with Gasteiger partial charge in [-0.05, 0) is 24.1 Å². The molecule has 0 aliphatic carbocycles. The average molecular weight is 420 g/mol. The fourth-order valence-electron chi connectivity index (χ4n) is 2.59. The molecule has 1 fully saturated rings. The quantitative estimate of drug-likeness (QED) is 0.712. The minimum absolute atomic E-state index is 0.101. The number of aromatic nitrogens is 3. The molecule has 0 radical (unpaired) electrons. The highest BCUT2D eigenvalue weighted by molar-refractivity contribution is 9.10. The van der Waals surface area contributed by atoms with E-state index in [4.69, 9.17) is 0 Å². The number of benzene rings is 1. The fraction of sp³-hybridized carbons (Fsp3) is 0.429. The number of hydrogen-bond acceptors (Lipinski definition) is 5. The second kappa shape index (κ2) is 6.52. The highest BCUT2D eigenvalue weighted by atomic mass is 79.9. The lowest BCUT2D eigenvalue weighted by molar-refractivity contribution is 0.599. The zero-order valence-corrected chi connectivity index (χ0v) is 15.6. The molecule has 2 aromatic rings. The summed E-state index contributed by atoms with van der Waals surface area (Å²) < 4.78 is 39.6. The van der Waals surface area contributed by atoms with Crippen molar-refractivity contribution < 1.29 is 12.8 Å². The lowest BCUT2D eigenvalue weighted by Crippen LogP contribution is -2.09. The maximum Gasteiger partial charge on any atom is 0.191 e. The molecule has 0 N–H and O–H groups in total. The van der Waals surface area contributed by atoms with Crippen LogP contribution in [0.25, 0.3) is 0 Å². The fourth-order valence-corrected chi connectivity index (χ4v) is 5.56. The average Bonchev–Trinajstić information content (AvgIpc) is 3.01. The normalized spacial score (nSPS) is 20.0. The van der Waals surface area contributed by atoms with E-state index in [0.717, 1.165) is 0 Å². The summed E-state index contributed by atoms with van der Waals surface area (Å²) in [6.45, 7) is 0. The van der Waals surface area contributed by atoms with E-state index in [1.54, 1.807) is 12.1 Å². The van der Waals surface area contributed by atoms with Crippen LogP contribution in [-0.2, 0) is 22.6 Å². The van der Waals surface area contributed by atoms with Crippen LogP contribution in [0.5, 0.6) is 0 Å². The third-order valence-corrected chi connectivity index (χ3v) is 7.17. The smallest absolute Gasteiger partial charge is 0.191 e. The van der Waals surface area contributed by atoms with E-state index in [1.807, 2.05) is 11.6 Å². The molecule has 1 aromatic heterocycles. The molecule has 1 unspecified atom stereocenters. The van der Waals surface area contributed by atoms with Gasteiger partial charge in [-0.2, -0.15) is 0 Å². The highest BCUT2D eigenvalue weighted by Crippen LogP contribution is 2.30. The van der Waals surface area contributed by atoms with Crippen LogP contribution in [-0.4, -0.2) is 34.7 Å². The first-order valence-electron chi connectivity index (χ1n) is 7.02. The molecule has 1 aliphatic rings. The Hall–Kier alpha value is -0.930. The van der Waals surface area contributed by atoms with E-state index in [0.29, 0.717) is 33.2 Å².